The van der Waals surface area contributed by atoms with Gasteiger partial charge in [0, 0.05) is 0 Å². The summed E-state index contributed by atoms with van der Waals surface area (Å²) in [5, 5.41) is 0. The molecule has 70 valence electrons. The summed E-state index contributed by atoms with van der Waals surface area (Å²) in [6.45, 7) is 0. The molecule has 1 aromatic rings. The molecule has 0 radical (unpaired) electrons. The van der Waals surface area contributed by atoms with Crippen LogP contribution in [0.2, 0.25) is 0 Å². The zero-order valence-electron chi connectivity index (χ0n) is 6.70. The fourth-order valence-corrected chi connectivity index (χ4v) is 2.59. The van der Waals surface area contributed by atoms with Crippen molar-refractivity contribution in [2.45, 2.75) is 4.90 Å². The fourth-order valence-electron chi connectivity index (χ4n) is 0.836. The Morgan fingerprint density at radius 1 is 1.54 bits per heavy atom. The lowest BCUT2D eigenvalue weighted by Crippen LogP contribution is -2.23. The molecule has 5 heteroatoms. The van der Waals surface area contributed by atoms with Gasteiger partial charge in [-0.1, -0.05) is 12.1 Å². The first-order valence-electron chi connectivity index (χ1n) is 3.52. The molecule has 0 fully saturated rings. The van der Waals surface area contributed by atoms with E-state index in [1.807, 2.05) is 6.07 Å². The molecule has 0 spiro atoms. The van der Waals surface area contributed by atoms with E-state index in [-0.39, 0.29) is 5.75 Å². The van der Waals surface area contributed by atoms with Crippen LogP contribution in [0.15, 0.2) is 33.6 Å². The highest BCUT2D eigenvalue weighted by Crippen LogP contribution is 2.21. The van der Waals surface area contributed by atoms with E-state index in [1.54, 1.807) is 18.2 Å². The zero-order chi connectivity index (χ0) is 9.84. The third-order valence-electron chi connectivity index (χ3n) is 1.36. The highest BCUT2D eigenvalue weighted by Gasteiger charge is 2.16. The molecular formula is C8H8BrNO2S. The van der Waals surface area contributed by atoms with Gasteiger partial charge in [0.1, 0.15) is 0 Å². The summed E-state index contributed by atoms with van der Waals surface area (Å²) in [6, 6.07) is 7.05. The number of carbonyl (C=O) groups is 1. The van der Waals surface area contributed by atoms with Crippen LogP contribution in [-0.2, 0) is 16.0 Å². The van der Waals surface area contributed by atoms with Crippen molar-refractivity contribution in [3.63, 3.8) is 0 Å². The average molecular weight is 262 g/mol. The Hall–Kier alpha value is -0.520. The molecule has 0 aliphatic carbocycles. The van der Waals surface area contributed by atoms with Gasteiger partial charge in [-0.25, -0.2) is 0 Å². The molecule has 13 heavy (non-hydrogen) atoms. The number of hydrogen-bond acceptors (Lipinski definition) is 2. The minimum Gasteiger partial charge on any atom is -0.611 e. The van der Waals surface area contributed by atoms with E-state index < -0.39 is 17.1 Å². The second kappa shape index (κ2) is 4.64. The van der Waals surface area contributed by atoms with Crippen molar-refractivity contribution in [2.24, 2.45) is 5.73 Å². The molecule has 1 atom stereocenters. The summed E-state index contributed by atoms with van der Waals surface area (Å²) in [4.78, 5) is 11.1. The van der Waals surface area contributed by atoms with Crippen molar-refractivity contribution in [1.82, 2.24) is 0 Å². The van der Waals surface area contributed by atoms with E-state index >= 15 is 0 Å². The number of nitrogens with two attached hydrogens (primary N) is 1. The molecule has 0 saturated heterocycles. The van der Waals surface area contributed by atoms with Crippen molar-refractivity contribution in [3.05, 3.63) is 28.7 Å². The normalized spacial score (nSPS) is 12.5. The van der Waals surface area contributed by atoms with Gasteiger partial charge in [-0.15, -0.1) is 0 Å². The van der Waals surface area contributed by atoms with Gasteiger partial charge < -0.3 is 10.3 Å². The summed E-state index contributed by atoms with van der Waals surface area (Å²) in [6.07, 6.45) is 0. The van der Waals surface area contributed by atoms with Gasteiger partial charge in [-0.2, -0.15) is 0 Å². The Kier molecular flexibility index (Phi) is 3.77. The van der Waals surface area contributed by atoms with E-state index in [0.717, 1.165) is 4.47 Å². The number of halogens is 1. The number of carbonyl (C=O) groups excluding carboxylic acids is 1. The molecule has 0 aromatic heterocycles. The van der Waals surface area contributed by atoms with Gasteiger partial charge in [-0.05, 0) is 39.2 Å². The Labute approximate surface area is 87.6 Å². The minimum absolute atomic E-state index is 0.136. The molecule has 1 aromatic carbocycles. The maximum absolute atomic E-state index is 11.5. The second-order valence-electron chi connectivity index (χ2n) is 2.39. The van der Waals surface area contributed by atoms with Gasteiger partial charge >= 0.3 is 0 Å². The summed E-state index contributed by atoms with van der Waals surface area (Å²) in [5.41, 5.74) is 4.93. The van der Waals surface area contributed by atoms with E-state index in [9.17, 15) is 9.35 Å². The molecule has 0 aliphatic heterocycles. The predicted octanol–water partition coefficient (Wildman–Crippen LogP) is 1.04. The Morgan fingerprint density at radius 2 is 2.15 bits per heavy atom. The summed E-state index contributed by atoms with van der Waals surface area (Å²) >= 11 is 1.90. The van der Waals surface area contributed by atoms with Crippen molar-refractivity contribution in [3.8, 4) is 0 Å². The molecule has 0 bridgehead atoms. The van der Waals surface area contributed by atoms with E-state index in [0.29, 0.717) is 4.90 Å². The van der Waals surface area contributed by atoms with Crippen LogP contribution in [0, 0.1) is 0 Å². The number of primary amides is 1. The molecule has 0 saturated carbocycles. The lowest BCUT2D eigenvalue weighted by atomic mass is 10.4. The second-order valence-corrected chi connectivity index (χ2v) is 4.66. The van der Waals surface area contributed by atoms with Crippen molar-refractivity contribution < 1.29 is 9.35 Å². The summed E-state index contributed by atoms with van der Waals surface area (Å²) < 4.78 is 12.2. The molecule has 2 N–H and O–H groups in total. The average Bonchev–Trinajstić information content (AvgIpc) is 2.03. The quantitative estimate of drug-likeness (QED) is 0.827. The Morgan fingerprint density at radius 3 is 2.69 bits per heavy atom. The lowest BCUT2D eigenvalue weighted by molar-refractivity contribution is -0.115. The molecular weight excluding hydrogens is 254 g/mol. The maximum atomic E-state index is 11.5. The monoisotopic (exact) mass is 261 g/mol. The highest BCUT2D eigenvalue weighted by molar-refractivity contribution is 9.10. The van der Waals surface area contributed by atoms with E-state index in [1.165, 1.54) is 0 Å². The van der Waals surface area contributed by atoms with Crippen LogP contribution in [0.5, 0.6) is 0 Å². The molecule has 0 aliphatic rings. The van der Waals surface area contributed by atoms with Crippen molar-refractivity contribution in [2.75, 3.05) is 5.75 Å². The van der Waals surface area contributed by atoms with Crippen LogP contribution in [0.3, 0.4) is 0 Å². The fraction of sp³-hybridized carbons (Fsp3) is 0.125. The number of hydrogen-bond donors (Lipinski definition) is 1. The number of benzene rings is 1. The molecule has 0 heterocycles. The summed E-state index contributed by atoms with van der Waals surface area (Å²) in [5.74, 6) is -0.697. The van der Waals surface area contributed by atoms with Crippen LogP contribution >= 0.6 is 15.9 Å². The van der Waals surface area contributed by atoms with Gasteiger partial charge in [0.25, 0.3) is 5.91 Å². The first kappa shape index (κ1) is 10.6. The predicted molar refractivity (Wildman–Crippen MR) is 54.6 cm³/mol. The van der Waals surface area contributed by atoms with E-state index in [2.05, 4.69) is 15.9 Å². The van der Waals surface area contributed by atoms with Crippen LogP contribution < -0.4 is 5.73 Å². The van der Waals surface area contributed by atoms with Crippen molar-refractivity contribution >= 4 is 33.0 Å². The smallest absolute Gasteiger partial charge is 0.267 e. The van der Waals surface area contributed by atoms with Gasteiger partial charge in [0.05, 0.1) is 4.47 Å². The highest BCUT2D eigenvalue weighted by atomic mass is 79.9. The summed E-state index contributed by atoms with van der Waals surface area (Å²) in [7, 11) is 0. The van der Waals surface area contributed by atoms with Crippen molar-refractivity contribution in [1.29, 1.82) is 0 Å². The van der Waals surface area contributed by atoms with Crippen LogP contribution in [0.1, 0.15) is 0 Å². The Bertz CT molecular complexity index is 319. The van der Waals surface area contributed by atoms with Crippen LogP contribution in [0.25, 0.3) is 0 Å². The first-order chi connectivity index (χ1) is 6.11. The molecule has 1 amide bonds. The van der Waals surface area contributed by atoms with Gasteiger partial charge in [0.2, 0.25) is 0 Å². The largest absolute Gasteiger partial charge is 0.611 e. The SMILES string of the molecule is NC(=O)C[S+]([O-])c1ccccc1Br. The minimum atomic E-state index is -1.35. The Balaban J connectivity index is 2.82. The number of rotatable bonds is 3. The topological polar surface area (TPSA) is 66.2 Å². The van der Waals surface area contributed by atoms with E-state index in [4.69, 9.17) is 5.73 Å². The third kappa shape index (κ3) is 3.02. The molecule has 1 unspecified atom stereocenters. The molecule has 1 rings (SSSR count). The van der Waals surface area contributed by atoms with Gasteiger partial charge in [-0.3, -0.25) is 4.79 Å². The first-order valence-corrected chi connectivity index (χ1v) is 5.63. The standard InChI is InChI=1S/C8H8BrNO2S/c9-6-3-1-2-4-7(6)13(12)5-8(10)11/h1-4H,5H2,(H2,10,11). The van der Waals surface area contributed by atoms with Crippen LogP contribution in [0.4, 0.5) is 0 Å². The zero-order valence-corrected chi connectivity index (χ0v) is 9.10. The maximum Gasteiger partial charge on any atom is 0.267 e. The third-order valence-corrected chi connectivity index (χ3v) is 3.70. The number of amides is 1. The van der Waals surface area contributed by atoms with Gasteiger partial charge in [0.15, 0.2) is 10.6 Å². The molecule has 3 nitrogen and oxygen atoms in total. The lowest BCUT2D eigenvalue weighted by Gasteiger charge is -2.09. The van der Waals surface area contributed by atoms with Crippen LogP contribution in [-0.4, -0.2) is 16.2 Å².